The van der Waals surface area contributed by atoms with Crippen LogP contribution in [-0.4, -0.2) is 52.3 Å². The number of carboxylic acid groups (broad SMARTS) is 1. The maximum atomic E-state index is 12.7. The highest BCUT2D eigenvalue weighted by Crippen LogP contribution is 2.32. The van der Waals surface area contributed by atoms with Crippen LogP contribution in [0.3, 0.4) is 0 Å². The fourth-order valence-electron chi connectivity index (χ4n) is 3.39. The lowest BCUT2D eigenvalue weighted by molar-refractivity contribution is -0.140. The summed E-state index contributed by atoms with van der Waals surface area (Å²) in [7, 11) is 0. The third-order valence-electron chi connectivity index (χ3n) is 4.74. The molecule has 2 aliphatic rings. The van der Waals surface area contributed by atoms with E-state index in [4.69, 9.17) is 5.11 Å². The van der Waals surface area contributed by atoms with E-state index in [-0.39, 0.29) is 43.7 Å². The first-order valence-corrected chi connectivity index (χ1v) is 8.02. The number of carbonyl (C=O) groups excluding carboxylic acids is 3. The van der Waals surface area contributed by atoms with E-state index in [1.165, 1.54) is 4.90 Å². The largest absolute Gasteiger partial charge is 0.481 e. The number of carbonyl (C=O) groups is 4. The topological polar surface area (TPSA) is 116 Å². The standard InChI is InChI=1S/C17H19N3O5/c1-17-9-20(13(21)6-7-14(22)23)8-11(17)16(25)18-12-5-3-2-4-10(12)15(24)19-17/h2-5,11H,6-9H2,1H3,(H,18,25)(H,19,24)(H,22,23)/t11-,17-/m0/s1. The number of nitrogens with one attached hydrogen (secondary N) is 2. The molecule has 1 aromatic rings. The highest BCUT2D eigenvalue weighted by molar-refractivity contribution is 6.07. The zero-order chi connectivity index (χ0) is 18.2. The molecule has 1 saturated heterocycles. The number of likely N-dealkylation sites (tertiary alicyclic amines) is 1. The number of anilines is 1. The van der Waals surface area contributed by atoms with E-state index in [9.17, 15) is 19.2 Å². The van der Waals surface area contributed by atoms with Crippen molar-refractivity contribution in [2.45, 2.75) is 25.3 Å². The lowest BCUT2D eigenvalue weighted by Gasteiger charge is -2.33. The molecule has 8 heteroatoms. The Morgan fingerprint density at radius 2 is 2.00 bits per heavy atom. The molecular weight excluding hydrogens is 326 g/mol. The first kappa shape index (κ1) is 16.9. The van der Waals surface area contributed by atoms with E-state index >= 15 is 0 Å². The van der Waals surface area contributed by atoms with Crippen molar-refractivity contribution in [1.29, 1.82) is 0 Å². The van der Waals surface area contributed by atoms with Crippen molar-refractivity contribution in [3.63, 3.8) is 0 Å². The second-order valence-electron chi connectivity index (χ2n) is 6.63. The van der Waals surface area contributed by atoms with E-state index in [1.54, 1.807) is 31.2 Å². The predicted molar refractivity (Wildman–Crippen MR) is 87.9 cm³/mol. The van der Waals surface area contributed by atoms with Crippen LogP contribution in [0.2, 0.25) is 0 Å². The summed E-state index contributed by atoms with van der Waals surface area (Å²) >= 11 is 0. The van der Waals surface area contributed by atoms with Gasteiger partial charge in [-0.25, -0.2) is 0 Å². The Morgan fingerprint density at radius 1 is 1.28 bits per heavy atom. The second-order valence-corrected chi connectivity index (χ2v) is 6.63. The summed E-state index contributed by atoms with van der Waals surface area (Å²) in [4.78, 5) is 49.6. The minimum absolute atomic E-state index is 0.131. The maximum Gasteiger partial charge on any atom is 0.303 e. The van der Waals surface area contributed by atoms with Gasteiger partial charge in [-0.2, -0.15) is 0 Å². The molecule has 2 aliphatic heterocycles. The van der Waals surface area contributed by atoms with Crippen LogP contribution in [0.4, 0.5) is 5.69 Å². The summed E-state index contributed by atoms with van der Waals surface area (Å²) in [6.45, 7) is 2.04. The average Bonchev–Trinajstić information content (AvgIpc) is 2.89. The smallest absolute Gasteiger partial charge is 0.303 e. The van der Waals surface area contributed by atoms with Gasteiger partial charge in [0.05, 0.1) is 29.1 Å². The molecule has 0 radical (unpaired) electrons. The Balaban J connectivity index is 1.84. The normalized spacial score (nSPS) is 25.2. The molecule has 0 aromatic heterocycles. The molecule has 0 unspecified atom stereocenters. The van der Waals surface area contributed by atoms with Gasteiger partial charge >= 0.3 is 5.97 Å². The van der Waals surface area contributed by atoms with Gasteiger partial charge in [0.25, 0.3) is 5.91 Å². The number of fused-ring (bicyclic) bond motifs is 2. The van der Waals surface area contributed by atoms with Gasteiger partial charge in [0.2, 0.25) is 11.8 Å². The fourth-order valence-corrected chi connectivity index (χ4v) is 3.39. The monoisotopic (exact) mass is 345 g/mol. The van der Waals surface area contributed by atoms with Crippen LogP contribution in [0.25, 0.3) is 0 Å². The Labute approximate surface area is 144 Å². The molecule has 2 atom stereocenters. The third kappa shape index (κ3) is 3.19. The van der Waals surface area contributed by atoms with Gasteiger partial charge < -0.3 is 20.6 Å². The van der Waals surface area contributed by atoms with Crippen LogP contribution < -0.4 is 10.6 Å². The van der Waals surface area contributed by atoms with Gasteiger partial charge in [-0.3, -0.25) is 19.2 Å². The minimum atomic E-state index is -1.05. The molecule has 2 heterocycles. The fraction of sp³-hybridized carbons (Fsp3) is 0.412. The SMILES string of the molecule is C[C@]12CN(C(=O)CCC(=O)O)C[C@H]1C(=O)Nc1ccccc1C(=O)N2. The molecule has 1 aromatic carbocycles. The molecule has 0 bridgehead atoms. The van der Waals surface area contributed by atoms with Crippen molar-refractivity contribution in [3.05, 3.63) is 29.8 Å². The van der Waals surface area contributed by atoms with Gasteiger partial charge in [-0.1, -0.05) is 12.1 Å². The number of hydrogen-bond donors (Lipinski definition) is 3. The van der Waals surface area contributed by atoms with E-state index in [1.807, 2.05) is 0 Å². The van der Waals surface area contributed by atoms with Gasteiger partial charge in [-0.15, -0.1) is 0 Å². The van der Waals surface area contributed by atoms with E-state index in [0.29, 0.717) is 11.3 Å². The summed E-state index contributed by atoms with van der Waals surface area (Å²) in [6.07, 6.45) is -0.394. The molecule has 132 valence electrons. The van der Waals surface area contributed by atoms with Crippen LogP contribution >= 0.6 is 0 Å². The van der Waals surface area contributed by atoms with E-state index in [2.05, 4.69) is 10.6 Å². The van der Waals surface area contributed by atoms with E-state index < -0.39 is 17.4 Å². The third-order valence-corrected chi connectivity index (χ3v) is 4.74. The number of nitrogens with zero attached hydrogens (tertiary/aromatic N) is 1. The van der Waals surface area contributed by atoms with Crippen molar-refractivity contribution < 1.29 is 24.3 Å². The highest BCUT2D eigenvalue weighted by atomic mass is 16.4. The molecular formula is C17H19N3O5. The zero-order valence-corrected chi connectivity index (χ0v) is 13.7. The Kier molecular flexibility index (Phi) is 4.20. The minimum Gasteiger partial charge on any atom is -0.481 e. The number of para-hydroxylation sites is 1. The quantitative estimate of drug-likeness (QED) is 0.736. The number of rotatable bonds is 3. The Bertz CT molecular complexity index is 762. The van der Waals surface area contributed by atoms with Gasteiger partial charge in [0, 0.05) is 19.5 Å². The number of benzene rings is 1. The van der Waals surface area contributed by atoms with Crippen molar-refractivity contribution in [1.82, 2.24) is 10.2 Å². The van der Waals surface area contributed by atoms with Gasteiger partial charge in [-0.05, 0) is 19.1 Å². The highest BCUT2D eigenvalue weighted by Gasteiger charge is 2.50. The lowest BCUT2D eigenvalue weighted by atomic mass is 9.86. The first-order valence-electron chi connectivity index (χ1n) is 8.02. The van der Waals surface area contributed by atoms with Crippen molar-refractivity contribution in [2.24, 2.45) is 5.92 Å². The molecule has 3 amide bonds. The number of hydrogen-bond acceptors (Lipinski definition) is 4. The van der Waals surface area contributed by atoms with Crippen LogP contribution in [0.15, 0.2) is 24.3 Å². The van der Waals surface area contributed by atoms with Crippen molar-refractivity contribution >= 4 is 29.4 Å². The molecule has 0 spiro atoms. The van der Waals surface area contributed by atoms with Crippen LogP contribution in [0.5, 0.6) is 0 Å². The van der Waals surface area contributed by atoms with Crippen molar-refractivity contribution in [2.75, 3.05) is 18.4 Å². The van der Waals surface area contributed by atoms with Crippen LogP contribution in [0.1, 0.15) is 30.1 Å². The maximum absolute atomic E-state index is 12.7. The van der Waals surface area contributed by atoms with Crippen LogP contribution in [-0.2, 0) is 14.4 Å². The van der Waals surface area contributed by atoms with Gasteiger partial charge in [0.15, 0.2) is 0 Å². The van der Waals surface area contributed by atoms with Crippen LogP contribution in [0, 0.1) is 5.92 Å². The summed E-state index contributed by atoms with van der Waals surface area (Å²) in [5.41, 5.74) is -0.109. The number of aliphatic carboxylic acids is 1. The number of carboxylic acids is 1. The summed E-state index contributed by atoms with van der Waals surface area (Å²) in [5.74, 6) is -2.59. The Hall–Kier alpha value is -2.90. The van der Waals surface area contributed by atoms with E-state index in [0.717, 1.165) is 0 Å². The second kappa shape index (κ2) is 6.19. The van der Waals surface area contributed by atoms with Gasteiger partial charge in [0.1, 0.15) is 0 Å². The molecule has 25 heavy (non-hydrogen) atoms. The molecule has 1 fully saturated rings. The predicted octanol–water partition coefficient (Wildman–Crippen LogP) is 0.450. The molecule has 3 N–H and O–H groups in total. The lowest BCUT2D eigenvalue weighted by Crippen LogP contribution is -2.56. The molecule has 8 nitrogen and oxygen atoms in total. The number of amides is 3. The van der Waals surface area contributed by atoms with Crippen molar-refractivity contribution in [3.8, 4) is 0 Å². The first-order chi connectivity index (χ1) is 11.8. The summed E-state index contributed by atoms with van der Waals surface area (Å²) in [5, 5.41) is 14.4. The molecule has 0 aliphatic carbocycles. The average molecular weight is 345 g/mol. The summed E-state index contributed by atoms with van der Waals surface area (Å²) in [6, 6.07) is 6.71. The molecule has 3 rings (SSSR count). The summed E-state index contributed by atoms with van der Waals surface area (Å²) < 4.78 is 0. The zero-order valence-electron chi connectivity index (χ0n) is 13.7. The molecule has 0 saturated carbocycles. The Morgan fingerprint density at radius 3 is 2.72 bits per heavy atom.